The summed E-state index contributed by atoms with van der Waals surface area (Å²) in [4.78, 5) is 14.0. The van der Waals surface area contributed by atoms with Gasteiger partial charge in [0.1, 0.15) is 0 Å². The number of carbonyl (C=O) groups excluding carboxylic acids is 1. The molecule has 0 bridgehead atoms. The average molecular weight is 327 g/mol. The number of nitrogens with zero attached hydrogens (tertiary/aromatic N) is 1. The van der Waals surface area contributed by atoms with Gasteiger partial charge in [-0.2, -0.15) is 0 Å². The fraction of sp³-hybridized carbons (Fsp3) is 0.588. The van der Waals surface area contributed by atoms with Crippen molar-refractivity contribution in [3.8, 4) is 0 Å². The maximum absolute atomic E-state index is 12.3. The topological polar surface area (TPSA) is 52.6 Å². The van der Waals surface area contributed by atoms with Gasteiger partial charge in [-0.25, -0.2) is 4.79 Å². The summed E-state index contributed by atoms with van der Waals surface area (Å²) in [6.07, 6.45) is 0.265. The Morgan fingerprint density at radius 1 is 1.32 bits per heavy atom. The molecule has 124 valence electrons. The van der Waals surface area contributed by atoms with E-state index in [-0.39, 0.29) is 23.6 Å². The largest absolute Gasteiger partial charge is 0.393 e. The molecule has 2 unspecified atom stereocenters. The van der Waals surface area contributed by atoms with Crippen LogP contribution in [-0.4, -0.2) is 35.7 Å². The van der Waals surface area contributed by atoms with Crippen molar-refractivity contribution >= 4 is 17.6 Å². The van der Waals surface area contributed by atoms with Crippen LogP contribution in [0, 0.1) is 5.41 Å². The van der Waals surface area contributed by atoms with Crippen LogP contribution in [0.4, 0.5) is 4.79 Å². The molecule has 0 fully saturated rings. The number of carbonyl (C=O) groups is 1. The second kappa shape index (κ2) is 7.84. The zero-order chi connectivity index (χ0) is 16.9. The van der Waals surface area contributed by atoms with E-state index >= 15 is 0 Å². The van der Waals surface area contributed by atoms with Crippen molar-refractivity contribution in [1.82, 2.24) is 10.2 Å². The lowest BCUT2D eigenvalue weighted by Crippen LogP contribution is -2.43. The highest BCUT2D eigenvalue weighted by Gasteiger charge is 2.23. The van der Waals surface area contributed by atoms with Crippen LogP contribution >= 0.6 is 11.6 Å². The standard InChI is InChI=1S/C17H27ClN2O2/c1-12(21)10-17(3,4)11-19-16(22)20(5)13(2)14-6-8-15(18)9-7-14/h6-9,12-13,21H,10-11H2,1-5H3,(H,19,22). The van der Waals surface area contributed by atoms with E-state index in [4.69, 9.17) is 11.6 Å². The van der Waals surface area contributed by atoms with E-state index in [0.29, 0.717) is 18.0 Å². The molecule has 22 heavy (non-hydrogen) atoms. The number of amides is 2. The van der Waals surface area contributed by atoms with Gasteiger partial charge in [-0.1, -0.05) is 37.6 Å². The second-order valence-corrected chi connectivity index (χ2v) is 7.15. The molecule has 0 radical (unpaired) electrons. The van der Waals surface area contributed by atoms with Gasteiger partial charge in [-0.15, -0.1) is 0 Å². The van der Waals surface area contributed by atoms with Gasteiger partial charge in [-0.05, 0) is 43.4 Å². The first kappa shape index (κ1) is 18.8. The predicted octanol–water partition coefficient (Wildman–Crippen LogP) is 3.84. The summed E-state index contributed by atoms with van der Waals surface area (Å²) in [6, 6.07) is 7.33. The molecule has 0 spiro atoms. The molecule has 4 nitrogen and oxygen atoms in total. The highest BCUT2D eigenvalue weighted by molar-refractivity contribution is 6.30. The van der Waals surface area contributed by atoms with Gasteiger partial charge in [0, 0.05) is 18.6 Å². The predicted molar refractivity (Wildman–Crippen MR) is 91.1 cm³/mol. The third-order valence-electron chi connectivity index (χ3n) is 3.82. The lowest BCUT2D eigenvalue weighted by Gasteiger charge is -2.30. The van der Waals surface area contributed by atoms with Crippen molar-refractivity contribution in [2.24, 2.45) is 5.41 Å². The summed E-state index contributed by atoms with van der Waals surface area (Å²) in [5.74, 6) is 0. The van der Waals surface area contributed by atoms with Crippen molar-refractivity contribution in [1.29, 1.82) is 0 Å². The second-order valence-electron chi connectivity index (χ2n) is 6.71. The molecule has 0 aliphatic carbocycles. The number of benzene rings is 1. The van der Waals surface area contributed by atoms with E-state index in [0.717, 1.165) is 5.56 Å². The normalized spacial score (nSPS) is 14.3. The molecule has 5 heteroatoms. The summed E-state index contributed by atoms with van der Waals surface area (Å²) in [5.41, 5.74) is 0.888. The van der Waals surface area contributed by atoms with Crippen molar-refractivity contribution in [3.63, 3.8) is 0 Å². The molecule has 0 aromatic heterocycles. The Bertz CT molecular complexity index is 486. The molecule has 2 atom stereocenters. The molecule has 1 aromatic carbocycles. The molecule has 2 amide bonds. The summed E-state index contributed by atoms with van der Waals surface area (Å²) in [6.45, 7) is 8.32. The van der Waals surface area contributed by atoms with Crippen molar-refractivity contribution < 1.29 is 9.90 Å². The number of halogens is 1. The minimum Gasteiger partial charge on any atom is -0.393 e. The van der Waals surface area contributed by atoms with Gasteiger partial charge in [0.05, 0.1) is 12.1 Å². The molecular weight excluding hydrogens is 300 g/mol. The zero-order valence-electron chi connectivity index (χ0n) is 14.1. The Kier molecular flexibility index (Phi) is 6.69. The van der Waals surface area contributed by atoms with Gasteiger partial charge in [0.2, 0.25) is 0 Å². The van der Waals surface area contributed by atoms with E-state index in [1.54, 1.807) is 18.9 Å². The molecule has 0 aliphatic rings. The zero-order valence-corrected chi connectivity index (χ0v) is 14.8. The van der Waals surface area contributed by atoms with Gasteiger partial charge in [0.15, 0.2) is 0 Å². The fourth-order valence-corrected chi connectivity index (χ4v) is 2.58. The Labute approximate surface area is 138 Å². The van der Waals surface area contributed by atoms with Crippen molar-refractivity contribution in [2.75, 3.05) is 13.6 Å². The van der Waals surface area contributed by atoms with Crippen molar-refractivity contribution in [3.05, 3.63) is 34.9 Å². The van der Waals surface area contributed by atoms with E-state index in [1.807, 2.05) is 45.0 Å². The lowest BCUT2D eigenvalue weighted by molar-refractivity contribution is 0.126. The molecule has 0 saturated heterocycles. The van der Waals surface area contributed by atoms with E-state index in [2.05, 4.69) is 5.32 Å². The summed E-state index contributed by atoms with van der Waals surface area (Å²) in [5, 5.41) is 13.1. The fourth-order valence-electron chi connectivity index (χ4n) is 2.45. The number of rotatable bonds is 6. The maximum Gasteiger partial charge on any atom is 0.317 e. The maximum atomic E-state index is 12.3. The smallest absolute Gasteiger partial charge is 0.317 e. The Morgan fingerprint density at radius 3 is 2.36 bits per heavy atom. The number of hydrogen-bond acceptors (Lipinski definition) is 2. The Balaban J connectivity index is 2.59. The Morgan fingerprint density at radius 2 is 1.86 bits per heavy atom. The SMILES string of the molecule is CC(O)CC(C)(C)CNC(=O)N(C)C(C)c1ccc(Cl)cc1. The van der Waals surface area contributed by atoms with Crippen LogP contribution in [0.15, 0.2) is 24.3 Å². The number of urea groups is 1. The first-order valence-corrected chi connectivity index (χ1v) is 7.94. The van der Waals surface area contributed by atoms with Crippen LogP contribution in [-0.2, 0) is 0 Å². The first-order chi connectivity index (χ1) is 10.1. The van der Waals surface area contributed by atoms with Crippen LogP contribution < -0.4 is 5.32 Å². The quantitative estimate of drug-likeness (QED) is 0.834. The number of aliphatic hydroxyl groups excluding tert-OH is 1. The van der Waals surface area contributed by atoms with Gasteiger partial charge in [-0.3, -0.25) is 0 Å². The van der Waals surface area contributed by atoms with E-state index in [9.17, 15) is 9.90 Å². The van der Waals surface area contributed by atoms with Crippen LogP contribution in [0.2, 0.25) is 5.02 Å². The highest BCUT2D eigenvalue weighted by Crippen LogP contribution is 2.23. The van der Waals surface area contributed by atoms with Gasteiger partial charge >= 0.3 is 6.03 Å². The first-order valence-electron chi connectivity index (χ1n) is 7.56. The van der Waals surface area contributed by atoms with Crippen molar-refractivity contribution in [2.45, 2.75) is 46.3 Å². The molecule has 0 saturated carbocycles. The molecule has 0 aliphatic heterocycles. The van der Waals surface area contributed by atoms with Gasteiger partial charge in [0.25, 0.3) is 0 Å². The molecule has 0 heterocycles. The monoisotopic (exact) mass is 326 g/mol. The number of aliphatic hydroxyl groups is 1. The molecule has 2 N–H and O–H groups in total. The van der Waals surface area contributed by atoms with Crippen LogP contribution in [0.3, 0.4) is 0 Å². The molecule has 1 aromatic rings. The summed E-state index contributed by atoms with van der Waals surface area (Å²) in [7, 11) is 1.77. The van der Waals surface area contributed by atoms with Crippen LogP contribution in [0.25, 0.3) is 0 Å². The molecular formula is C17H27ClN2O2. The number of hydrogen-bond donors (Lipinski definition) is 2. The Hall–Kier alpha value is -1.26. The minimum absolute atomic E-state index is 0.0443. The van der Waals surface area contributed by atoms with Crippen LogP contribution in [0.5, 0.6) is 0 Å². The lowest BCUT2D eigenvalue weighted by atomic mass is 9.87. The van der Waals surface area contributed by atoms with Crippen LogP contribution in [0.1, 0.15) is 45.7 Å². The third kappa shape index (κ3) is 5.85. The molecule has 1 rings (SSSR count). The van der Waals surface area contributed by atoms with Gasteiger partial charge < -0.3 is 15.3 Å². The third-order valence-corrected chi connectivity index (χ3v) is 4.07. The van der Waals surface area contributed by atoms with E-state index in [1.165, 1.54) is 0 Å². The minimum atomic E-state index is -0.377. The average Bonchev–Trinajstić information content (AvgIpc) is 2.42. The highest BCUT2D eigenvalue weighted by atomic mass is 35.5. The number of nitrogens with one attached hydrogen (secondary N) is 1. The van der Waals surface area contributed by atoms with E-state index < -0.39 is 0 Å². The summed E-state index contributed by atoms with van der Waals surface area (Å²) < 4.78 is 0. The summed E-state index contributed by atoms with van der Waals surface area (Å²) >= 11 is 5.89.